The van der Waals surface area contributed by atoms with Gasteiger partial charge in [0, 0.05) is 0 Å². The van der Waals surface area contributed by atoms with E-state index in [-0.39, 0.29) is 11.7 Å². The van der Waals surface area contributed by atoms with Crippen molar-refractivity contribution in [2.75, 3.05) is 0 Å². The summed E-state index contributed by atoms with van der Waals surface area (Å²) in [5.41, 5.74) is 0.495. The normalized spacial score (nSPS) is 14.6. The molecule has 82 valence electrons. The SMILES string of the molecule is CCC(c1ccccc1F)C(C)C(=O)O. The topological polar surface area (TPSA) is 37.3 Å². The Morgan fingerprint density at radius 3 is 2.53 bits per heavy atom. The zero-order valence-corrected chi connectivity index (χ0v) is 8.90. The van der Waals surface area contributed by atoms with E-state index >= 15 is 0 Å². The van der Waals surface area contributed by atoms with Gasteiger partial charge >= 0.3 is 5.97 Å². The Morgan fingerprint density at radius 2 is 2.07 bits per heavy atom. The van der Waals surface area contributed by atoms with Gasteiger partial charge in [0.2, 0.25) is 0 Å². The van der Waals surface area contributed by atoms with Crippen LogP contribution >= 0.6 is 0 Å². The van der Waals surface area contributed by atoms with Crippen LogP contribution in [-0.2, 0) is 4.79 Å². The van der Waals surface area contributed by atoms with E-state index in [0.29, 0.717) is 12.0 Å². The number of carbonyl (C=O) groups is 1. The fraction of sp³-hybridized carbons (Fsp3) is 0.417. The summed E-state index contributed by atoms with van der Waals surface area (Å²) in [5, 5.41) is 8.91. The van der Waals surface area contributed by atoms with Crippen LogP contribution in [0.2, 0.25) is 0 Å². The molecule has 0 aromatic heterocycles. The van der Waals surface area contributed by atoms with Gasteiger partial charge in [0.25, 0.3) is 0 Å². The van der Waals surface area contributed by atoms with E-state index in [1.807, 2.05) is 6.92 Å². The molecule has 0 saturated carbocycles. The lowest BCUT2D eigenvalue weighted by Crippen LogP contribution is -2.19. The number of hydrogen-bond donors (Lipinski definition) is 1. The number of halogens is 1. The minimum absolute atomic E-state index is 0.260. The highest BCUT2D eigenvalue weighted by Gasteiger charge is 2.25. The first-order valence-electron chi connectivity index (χ1n) is 5.05. The lowest BCUT2D eigenvalue weighted by molar-refractivity contribution is -0.141. The quantitative estimate of drug-likeness (QED) is 0.829. The number of carboxylic acids is 1. The third-order valence-electron chi connectivity index (χ3n) is 2.74. The highest BCUT2D eigenvalue weighted by Crippen LogP contribution is 2.29. The van der Waals surface area contributed by atoms with Gasteiger partial charge in [-0.15, -0.1) is 0 Å². The van der Waals surface area contributed by atoms with Crippen LogP contribution in [-0.4, -0.2) is 11.1 Å². The molecule has 0 radical (unpaired) electrons. The molecule has 0 fully saturated rings. The monoisotopic (exact) mass is 210 g/mol. The summed E-state index contributed by atoms with van der Waals surface area (Å²) in [5.74, 6) is -2.03. The van der Waals surface area contributed by atoms with Crippen LogP contribution in [0.1, 0.15) is 31.7 Å². The van der Waals surface area contributed by atoms with Crippen LogP contribution in [0.15, 0.2) is 24.3 Å². The van der Waals surface area contributed by atoms with Gasteiger partial charge in [-0.05, 0) is 24.0 Å². The van der Waals surface area contributed by atoms with E-state index < -0.39 is 11.9 Å². The number of carboxylic acid groups (broad SMARTS) is 1. The standard InChI is InChI=1S/C12H15FO2/c1-3-9(8(2)12(14)15)10-6-4-5-7-11(10)13/h4-9H,3H2,1-2H3,(H,14,15). The molecule has 0 amide bonds. The van der Waals surface area contributed by atoms with Crippen LogP contribution in [0.3, 0.4) is 0 Å². The predicted octanol–water partition coefficient (Wildman–Crippen LogP) is 3.04. The molecule has 15 heavy (non-hydrogen) atoms. The van der Waals surface area contributed by atoms with Crippen LogP contribution in [0.4, 0.5) is 4.39 Å². The molecule has 2 unspecified atom stereocenters. The van der Waals surface area contributed by atoms with Gasteiger partial charge in [-0.1, -0.05) is 32.0 Å². The molecule has 0 heterocycles. The summed E-state index contributed by atoms with van der Waals surface area (Å²) in [6, 6.07) is 6.36. The summed E-state index contributed by atoms with van der Waals surface area (Å²) in [6.45, 7) is 3.49. The first-order valence-corrected chi connectivity index (χ1v) is 5.05. The summed E-state index contributed by atoms with van der Waals surface area (Å²) in [7, 11) is 0. The maximum absolute atomic E-state index is 13.5. The van der Waals surface area contributed by atoms with Crippen molar-refractivity contribution >= 4 is 5.97 Å². The molecular weight excluding hydrogens is 195 g/mol. The first-order chi connectivity index (χ1) is 7.07. The summed E-state index contributed by atoms with van der Waals surface area (Å²) >= 11 is 0. The van der Waals surface area contributed by atoms with Gasteiger partial charge in [-0.2, -0.15) is 0 Å². The van der Waals surface area contributed by atoms with Crippen molar-refractivity contribution in [2.45, 2.75) is 26.2 Å². The second-order valence-corrected chi connectivity index (χ2v) is 3.66. The third kappa shape index (κ3) is 2.55. The van der Waals surface area contributed by atoms with Crippen molar-refractivity contribution in [2.24, 2.45) is 5.92 Å². The van der Waals surface area contributed by atoms with Crippen molar-refractivity contribution in [1.29, 1.82) is 0 Å². The molecule has 2 atom stereocenters. The molecule has 1 rings (SSSR count). The smallest absolute Gasteiger partial charge is 0.306 e. The minimum atomic E-state index is -0.884. The highest BCUT2D eigenvalue weighted by molar-refractivity contribution is 5.70. The largest absolute Gasteiger partial charge is 0.481 e. The lowest BCUT2D eigenvalue weighted by Gasteiger charge is -2.20. The average Bonchev–Trinajstić information content (AvgIpc) is 2.21. The molecule has 0 aliphatic rings. The van der Waals surface area contributed by atoms with Crippen LogP contribution < -0.4 is 0 Å². The zero-order chi connectivity index (χ0) is 11.4. The second kappa shape index (κ2) is 4.91. The number of hydrogen-bond acceptors (Lipinski definition) is 1. The predicted molar refractivity (Wildman–Crippen MR) is 56.2 cm³/mol. The first kappa shape index (κ1) is 11.7. The molecule has 0 bridgehead atoms. The van der Waals surface area contributed by atoms with Crippen molar-refractivity contribution in [3.8, 4) is 0 Å². The van der Waals surface area contributed by atoms with Crippen molar-refractivity contribution in [1.82, 2.24) is 0 Å². The van der Waals surface area contributed by atoms with Crippen molar-refractivity contribution in [3.63, 3.8) is 0 Å². The van der Waals surface area contributed by atoms with E-state index in [1.165, 1.54) is 6.07 Å². The zero-order valence-electron chi connectivity index (χ0n) is 8.90. The van der Waals surface area contributed by atoms with Crippen LogP contribution in [0, 0.1) is 11.7 Å². The van der Waals surface area contributed by atoms with E-state index in [9.17, 15) is 9.18 Å². The Kier molecular flexibility index (Phi) is 3.83. The van der Waals surface area contributed by atoms with Crippen LogP contribution in [0.5, 0.6) is 0 Å². The molecule has 1 aromatic rings. The lowest BCUT2D eigenvalue weighted by atomic mass is 9.85. The van der Waals surface area contributed by atoms with Gasteiger partial charge in [0.1, 0.15) is 5.82 Å². The van der Waals surface area contributed by atoms with E-state index in [0.717, 1.165) is 0 Å². The summed E-state index contributed by atoms with van der Waals surface area (Å²) in [6.07, 6.45) is 0.619. The van der Waals surface area contributed by atoms with Crippen LogP contribution in [0.25, 0.3) is 0 Å². The maximum Gasteiger partial charge on any atom is 0.306 e. The Morgan fingerprint density at radius 1 is 1.47 bits per heavy atom. The van der Waals surface area contributed by atoms with Gasteiger partial charge in [-0.3, -0.25) is 4.79 Å². The number of benzene rings is 1. The third-order valence-corrected chi connectivity index (χ3v) is 2.74. The summed E-state index contributed by atoms with van der Waals surface area (Å²) in [4.78, 5) is 10.9. The minimum Gasteiger partial charge on any atom is -0.481 e. The Hall–Kier alpha value is -1.38. The molecule has 1 aromatic carbocycles. The van der Waals surface area contributed by atoms with Gasteiger partial charge in [0.05, 0.1) is 5.92 Å². The fourth-order valence-electron chi connectivity index (χ4n) is 1.79. The van der Waals surface area contributed by atoms with Gasteiger partial charge in [-0.25, -0.2) is 4.39 Å². The number of rotatable bonds is 4. The Labute approximate surface area is 88.7 Å². The van der Waals surface area contributed by atoms with Gasteiger partial charge in [0.15, 0.2) is 0 Å². The van der Waals surface area contributed by atoms with E-state index in [1.54, 1.807) is 25.1 Å². The molecular formula is C12H15FO2. The molecule has 0 aliphatic carbocycles. The molecule has 1 N–H and O–H groups in total. The molecule has 3 heteroatoms. The highest BCUT2D eigenvalue weighted by atomic mass is 19.1. The molecule has 2 nitrogen and oxygen atoms in total. The van der Waals surface area contributed by atoms with E-state index in [4.69, 9.17) is 5.11 Å². The molecule has 0 spiro atoms. The Balaban J connectivity index is 3.02. The molecule has 0 saturated heterocycles. The second-order valence-electron chi connectivity index (χ2n) is 3.66. The van der Waals surface area contributed by atoms with Gasteiger partial charge < -0.3 is 5.11 Å². The van der Waals surface area contributed by atoms with Crippen molar-refractivity contribution in [3.05, 3.63) is 35.6 Å². The van der Waals surface area contributed by atoms with E-state index in [2.05, 4.69) is 0 Å². The molecule has 0 aliphatic heterocycles. The maximum atomic E-state index is 13.5. The average molecular weight is 210 g/mol. The summed E-state index contributed by atoms with van der Waals surface area (Å²) < 4.78 is 13.5. The number of aliphatic carboxylic acids is 1. The fourth-order valence-corrected chi connectivity index (χ4v) is 1.79. The van der Waals surface area contributed by atoms with Crippen molar-refractivity contribution < 1.29 is 14.3 Å². The Bertz CT molecular complexity index is 349.